The smallest absolute Gasteiger partial charge is 0.316 e. The van der Waals surface area contributed by atoms with Crippen LogP contribution in [0.25, 0.3) is 6.08 Å². The number of hydrogen-bond acceptors (Lipinski definition) is 11. The quantitative estimate of drug-likeness (QED) is 0.226. The first kappa shape index (κ1) is 43.3. The summed E-state index contributed by atoms with van der Waals surface area (Å²) in [6.07, 6.45) is 0.548. The van der Waals surface area contributed by atoms with Gasteiger partial charge in [-0.2, -0.15) is 0 Å². The zero-order valence-electron chi connectivity index (χ0n) is 33.7. The number of nitrogens with zero attached hydrogens (tertiary/aromatic N) is 2. The molecule has 0 radical (unpaired) electrons. The zero-order valence-corrected chi connectivity index (χ0v) is 33.7. The third-order valence-electron chi connectivity index (χ3n) is 11.5. The van der Waals surface area contributed by atoms with Crippen molar-refractivity contribution in [2.24, 2.45) is 17.8 Å². The fraction of sp³-hybridized carbons (Fsp3) is 0.714. The van der Waals surface area contributed by atoms with E-state index in [0.717, 1.165) is 5.56 Å². The molecule has 2 N–H and O–H groups in total. The van der Waals surface area contributed by atoms with Crippen LogP contribution >= 0.6 is 0 Å². The van der Waals surface area contributed by atoms with Crippen molar-refractivity contribution in [1.82, 2.24) is 9.80 Å². The Morgan fingerprint density at radius 3 is 2.40 bits per heavy atom. The highest BCUT2D eigenvalue weighted by Gasteiger charge is 2.52. The summed E-state index contributed by atoms with van der Waals surface area (Å²) in [4.78, 5) is 32.4. The topological polar surface area (TPSA) is 127 Å². The van der Waals surface area contributed by atoms with E-state index < -0.39 is 65.5 Å². The number of ether oxygens (including phenoxy) is 5. The molecule has 1 aromatic carbocycles. The molecule has 2 bridgehead atoms. The van der Waals surface area contributed by atoms with E-state index in [4.69, 9.17) is 23.7 Å². The molecule has 0 saturated carbocycles. The number of Topliss-reactive ketones (excluding diaryl/α,β-unsaturated/α-hetero) is 1. The Kier molecular flexibility index (Phi) is 15.0. The first-order chi connectivity index (χ1) is 24.9. The summed E-state index contributed by atoms with van der Waals surface area (Å²) in [5.74, 6) is -3.20. The minimum Gasteiger partial charge on any atom is -0.459 e. The lowest BCUT2D eigenvalue weighted by atomic mass is 9.78. The molecule has 4 aliphatic rings. The first-order valence-electron chi connectivity index (χ1n) is 19.4. The molecule has 4 fully saturated rings. The minimum absolute atomic E-state index is 0.0210. The Bertz CT molecular complexity index is 1400. The van der Waals surface area contributed by atoms with Crippen molar-refractivity contribution in [3.8, 4) is 0 Å². The largest absolute Gasteiger partial charge is 0.459 e. The van der Waals surface area contributed by atoms with Gasteiger partial charge in [-0.25, -0.2) is 0 Å². The summed E-state index contributed by atoms with van der Waals surface area (Å²) in [7, 11) is 3.82. The molecule has 1 aromatic rings. The molecule has 0 aromatic heterocycles. The molecular weight excluding hydrogens is 676 g/mol. The Labute approximate surface area is 317 Å². The van der Waals surface area contributed by atoms with Crippen molar-refractivity contribution >= 4 is 17.8 Å². The Balaban J connectivity index is 1.86. The van der Waals surface area contributed by atoms with Crippen molar-refractivity contribution < 1.29 is 43.5 Å². The predicted octanol–water partition coefficient (Wildman–Crippen LogP) is 4.89. The molecule has 13 atom stereocenters. The average molecular weight is 743 g/mol. The summed E-state index contributed by atoms with van der Waals surface area (Å²) in [5, 5.41) is 23.9. The van der Waals surface area contributed by atoms with Gasteiger partial charge in [-0.1, -0.05) is 69.8 Å². The van der Waals surface area contributed by atoms with Crippen LogP contribution in [0.4, 0.5) is 0 Å². The van der Waals surface area contributed by atoms with Gasteiger partial charge in [0.2, 0.25) is 0 Å². The van der Waals surface area contributed by atoms with Crippen LogP contribution in [0.5, 0.6) is 0 Å². The highest BCUT2D eigenvalue weighted by atomic mass is 16.7. The molecule has 1 unspecified atom stereocenters. The molecule has 5 rings (SSSR count). The van der Waals surface area contributed by atoms with Gasteiger partial charge in [0, 0.05) is 31.1 Å². The minimum atomic E-state index is -1.64. The van der Waals surface area contributed by atoms with Crippen molar-refractivity contribution in [1.29, 1.82) is 0 Å². The average Bonchev–Trinajstić information content (AvgIpc) is 3.11. The number of rotatable bonds is 7. The molecule has 11 heteroatoms. The van der Waals surface area contributed by atoms with Gasteiger partial charge in [0.15, 0.2) is 12.1 Å². The van der Waals surface area contributed by atoms with Crippen molar-refractivity contribution in [3.63, 3.8) is 0 Å². The van der Waals surface area contributed by atoms with Crippen molar-refractivity contribution in [3.05, 3.63) is 54.1 Å². The Hall–Kier alpha value is -2.48. The summed E-state index contributed by atoms with van der Waals surface area (Å²) >= 11 is 0. The van der Waals surface area contributed by atoms with Crippen molar-refractivity contribution in [2.45, 2.75) is 135 Å². The summed E-state index contributed by atoms with van der Waals surface area (Å²) in [5.41, 5.74) is -1.04. The summed E-state index contributed by atoms with van der Waals surface area (Å²) in [6.45, 7) is 20.4. The first-order valence-corrected chi connectivity index (χ1v) is 19.4. The van der Waals surface area contributed by atoms with Gasteiger partial charge < -0.3 is 38.8 Å². The zero-order chi connectivity index (χ0) is 39.2. The Morgan fingerprint density at radius 2 is 1.75 bits per heavy atom. The molecule has 11 nitrogen and oxygen atoms in total. The van der Waals surface area contributed by atoms with Gasteiger partial charge in [-0.05, 0) is 85.0 Å². The molecule has 4 saturated heterocycles. The van der Waals surface area contributed by atoms with E-state index in [0.29, 0.717) is 37.9 Å². The number of carbonyl (C=O) groups excluding carboxylic acids is 2. The van der Waals surface area contributed by atoms with E-state index in [1.165, 1.54) is 6.92 Å². The van der Waals surface area contributed by atoms with Gasteiger partial charge in [0.05, 0.1) is 31.0 Å². The third-order valence-corrected chi connectivity index (χ3v) is 11.5. The van der Waals surface area contributed by atoms with Gasteiger partial charge in [0.25, 0.3) is 0 Å². The standard InChI is InChI=1S/C42H66N2O9/c1-12-34-42(9,48)38-31(7)44(20-16-19-32-17-14-13-15-18-32)23-26(2)22-41(8,50-25-27(3)24-49-38)37(29(5)35(45)30(6)39(47)52-34)53-40-36(46)33(43(10)11)21-28(4)51-40/h13-19,26,28-31,33-34,36-38,40,46,48H,3,12,20-25H2,1-2,4-11H3/b19-16+/t26-,28-,29+,30?,31-,33+,34-,36-,37-,38+,40+,41-,42-/m1/s1. The van der Waals surface area contributed by atoms with Crippen LogP contribution in [-0.2, 0) is 33.3 Å². The number of aliphatic hydroxyl groups is 2. The van der Waals surface area contributed by atoms with Gasteiger partial charge in [0.1, 0.15) is 29.8 Å². The second-order valence-electron chi connectivity index (χ2n) is 16.5. The molecule has 0 spiro atoms. The molecule has 4 heterocycles. The predicted molar refractivity (Wildman–Crippen MR) is 205 cm³/mol. The van der Waals surface area contributed by atoms with Gasteiger partial charge in [-0.3, -0.25) is 14.5 Å². The molecule has 0 aliphatic carbocycles. The van der Waals surface area contributed by atoms with Crippen LogP contribution in [0.3, 0.4) is 0 Å². The molecular formula is C42H66N2O9. The van der Waals surface area contributed by atoms with E-state index in [9.17, 15) is 19.8 Å². The monoisotopic (exact) mass is 742 g/mol. The second kappa shape index (κ2) is 18.4. The second-order valence-corrected chi connectivity index (χ2v) is 16.5. The maximum atomic E-state index is 14.4. The van der Waals surface area contributed by atoms with E-state index in [1.54, 1.807) is 13.8 Å². The summed E-state index contributed by atoms with van der Waals surface area (Å²) < 4.78 is 32.5. The third kappa shape index (κ3) is 10.4. The highest BCUT2D eigenvalue weighted by Crippen LogP contribution is 2.39. The lowest BCUT2D eigenvalue weighted by molar-refractivity contribution is -0.297. The fourth-order valence-electron chi connectivity index (χ4n) is 8.50. The number of aliphatic hydroxyl groups excluding tert-OH is 1. The number of likely N-dealkylation sites (N-methyl/N-ethyl adjacent to an activating group) is 1. The SMILES string of the molecule is C=C1CO[C@H]2[C@@H](C)N(C/C=C/c3ccccc3)C[C@H](C)C[C@@](C)(OC1)[C@H](O[C@@H]1O[C@H](C)C[C@H](N(C)C)[C@H]1O)[C@@H](C)C(=O)C(C)C(=O)O[C@H](CC)[C@@]2(C)O. The fourth-order valence-corrected chi connectivity index (χ4v) is 8.50. The van der Waals surface area contributed by atoms with Crippen molar-refractivity contribution in [2.75, 3.05) is 40.4 Å². The van der Waals surface area contributed by atoms with E-state index in [1.807, 2.05) is 77.0 Å². The van der Waals surface area contributed by atoms with Crippen LogP contribution in [-0.4, -0.2) is 132 Å². The maximum absolute atomic E-state index is 14.4. The van der Waals surface area contributed by atoms with Crippen LogP contribution in [0, 0.1) is 17.8 Å². The number of hydrogen-bond donors (Lipinski definition) is 2. The van der Waals surface area contributed by atoms with Crippen LogP contribution in [0.1, 0.15) is 80.2 Å². The number of fused-ring (bicyclic) bond motifs is 15. The normalized spacial score (nSPS) is 40.3. The van der Waals surface area contributed by atoms with E-state index in [2.05, 4.69) is 30.6 Å². The van der Waals surface area contributed by atoms with Gasteiger partial charge in [-0.15, -0.1) is 0 Å². The number of ketones is 1. The lowest BCUT2D eigenvalue weighted by Crippen LogP contribution is -2.61. The van der Waals surface area contributed by atoms with Crippen LogP contribution in [0.15, 0.2) is 48.6 Å². The molecule has 53 heavy (non-hydrogen) atoms. The maximum Gasteiger partial charge on any atom is 0.316 e. The highest BCUT2D eigenvalue weighted by molar-refractivity contribution is 6.00. The number of esters is 1. The van der Waals surface area contributed by atoms with Gasteiger partial charge >= 0.3 is 5.97 Å². The summed E-state index contributed by atoms with van der Waals surface area (Å²) in [6, 6.07) is 9.49. The molecule has 4 aliphatic heterocycles. The lowest BCUT2D eigenvalue weighted by Gasteiger charge is -2.48. The van der Waals surface area contributed by atoms with E-state index >= 15 is 0 Å². The van der Waals surface area contributed by atoms with E-state index in [-0.39, 0.29) is 37.3 Å². The number of carbonyl (C=O) groups is 2. The molecule has 298 valence electrons. The van der Waals surface area contributed by atoms with Crippen LogP contribution in [0.2, 0.25) is 0 Å². The Morgan fingerprint density at radius 1 is 1.08 bits per heavy atom. The molecule has 0 amide bonds. The van der Waals surface area contributed by atoms with Crippen LogP contribution < -0.4 is 0 Å². The number of benzene rings is 1.